The van der Waals surface area contributed by atoms with Crippen molar-refractivity contribution in [3.05, 3.63) is 0 Å². The van der Waals surface area contributed by atoms with Gasteiger partial charge in [0.1, 0.15) is 6.54 Å². The zero-order valence-electron chi connectivity index (χ0n) is 7.68. The normalized spacial score (nSPS) is 19.4. The van der Waals surface area contributed by atoms with Crippen LogP contribution in [-0.2, 0) is 4.79 Å². The van der Waals surface area contributed by atoms with Gasteiger partial charge >= 0.3 is 0 Å². The lowest BCUT2D eigenvalue weighted by atomic mass is 9.85. The van der Waals surface area contributed by atoms with Crippen LogP contribution in [0.25, 0.3) is 0 Å². The minimum absolute atomic E-state index is 0.0472. The van der Waals surface area contributed by atoms with Crippen LogP contribution in [0.3, 0.4) is 0 Å². The van der Waals surface area contributed by atoms with Crippen molar-refractivity contribution in [3.8, 4) is 6.07 Å². The second-order valence-corrected chi connectivity index (χ2v) is 3.53. The van der Waals surface area contributed by atoms with Crippen LogP contribution in [0.1, 0.15) is 25.7 Å². The Balaban J connectivity index is 2.55. The molecule has 0 unspecified atom stereocenters. The Morgan fingerprint density at radius 3 is 2.62 bits per heavy atom. The van der Waals surface area contributed by atoms with Crippen LogP contribution in [0.5, 0.6) is 0 Å². The standard InChI is InChI=1S/C9H15N3O/c10-5-6-12-8(13)9(7-11)3-1-2-4-9/h1-4,6-7,11H2,(H,12,13). The van der Waals surface area contributed by atoms with Gasteiger partial charge in [-0.25, -0.2) is 0 Å². The summed E-state index contributed by atoms with van der Waals surface area (Å²) < 4.78 is 0. The van der Waals surface area contributed by atoms with E-state index in [9.17, 15) is 4.79 Å². The maximum Gasteiger partial charge on any atom is 0.228 e. The van der Waals surface area contributed by atoms with Gasteiger partial charge in [-0.05, 0) is 12.8 Å². The molecular weight excluding hydrogens is 166 g/mol. The van der Waals surface area contributed by atoms with Crippen molar-refractivity contribution in [2.45, 2.75) is 25.7 Å². The summed E-state index contributed by atoms with van der Waals surface area (Å²) in [5, 5.41) is 10.9. The number of rotatable bonds is 3. The van der Waals surface area contributed by atoms with Crippen LogP contribution in [0.4, 0.5) is 0 Å². The van der Waals surface area contributed by atoms with Crippen molar-refractivity contribution in [3.63, 3.8) is 0 Å². The SMILES string of the molecule is N#CCNC(=O)C1(CN)CCCC1. The lowest BCUT2D eigenvalue weighted by Crippen LogP contribution is -2.44. The molecule has 0 heterocycles. The monoisotopic (exact) mass is 181 g/mol. The molecule has 0 aromatic rings. The number of carbonyl (C=O) groups excluding carboxylic acids is 1. The molecule has 1 aliphatic carbocycles. The predicted molar refractivity (Wildman–Crippen MR) is 48.6 cm³/mol. The largest absolute Gasteiger partial charge is 0.342 e. The average molecular weight is 181 g/mol. The molecule has 0 bridgehead atoms. The van der Waals surface area contributed by atoms with Crippen LogP contribution < -0.4 is 11.1 Å². The fourth-order valence-electron chi connectivity index (χ4n) is 1.88. The topological polar surface area (TPSA) is 78.9 Å². The van der Waals surface area contributed by atoms with E-state index in [1.54, 1.807) is 0 Å². The van der Waals surface area contributed by atoms with E-state index >= 15 is 0 Å². The summed E-state index contributed by atoms with van der Waals surface area (Å²) in [5.41, 5.74) is 5.22. The Labute approximate surface area is 78.1 Å². The summed E-state index contributed by atoms with van der Waals surface area (Å²) in [5.74, 6) is -0.0472. The van der Waals surface area contributed by atoms with Crippen molar-refractivity contribution in [1.29, 1.82) is 5.26 Å². The number of amides is 1. The molecule has 0 saturated heterocycles. The van der Waals surface area contributed by atoms with Gasteiger partial charge in [0, 0.05) is 6.54 Å². The third-order valence-corrected chi connectivity index (χ3v) is 2.76. The molecule has 0 aliphatic heterocycles. The van der Waals surface area contributed by atoms with E-state index < -0.39 is 0 Å². The van der Waals surface area contributed by atoms with Crippen molar-refractivity contribution in [1.82, 2.24) is 5.32 Å². The maximum atomic E-state index is 11.6. The van der Waals surface area contributed by atoms with Gasteiger partial charge < -0.3 is 11.1 Å². The van der Waals surface area contributed by atoms with Gasteiger partial charge in [0.15, 0.2) is 0 Å². The van der Waals surface area contributed by atoms with Gasteiger partial charge in [-0.15, -0.1) is 0 Å². The molecule has 1 fully saturated rings. The molecule has 3 N–H and O–H groups in total. The third-order valence-electron chi connectivity index (χ3n) is 2.76. The molecule has 0 spiro atoms. The van der Waals surface area contributed by atoms with E-state index in [1.165, 1.54) is 0 Å². The van der Waals surface area contributed by atoms with E-state index in [-0.39, 0.29) is 17.9 Å². The molecule has 0 radical (unpaired) electrons. The van der Waals surface area contributed by atoms with E-state index in [0.717, 1.165) is 25.7 Å². The fourth-order valence-corrected chi connectivity index (χ4v) is 1.88. The van der Waals surface area contributed by atoms with Crippen molar-refractivity contribution in [2.24, 2.45) is 11.1 Å². The summed E-state index contributed by atoms with van der Waals surface area (Å²) in [6, 6.07) is 1.89. The summed E-state index contributed by atoms with van der Waals surface area (Å²) in [6.07, 6.45) is 3.86. The molecule has 4 heteroatoms. The summed E-state index contributed by atoms with van der Waals surface area (Å²) in [7, 11) is 0. The van der Waals surface area contributed by atoms with Crippen molar-refractivity contribution >= 4 is 5.91 Å². The molecular formula is C9H15N3O. The molecule has 4 nitrogen and oxygen atoms in total. The Bertz CT molecular complexity index is 226. The summed E-state index contributed by atoms with van der Waals surface area (Å²) in [6.45, 7) is 0.477. The van der Waals surface area contributed by atoms with Gasteiger partial charge in [0.2, 0.25) is 5.91 Å². The molecule has 72 valence electrons. The van der Waals surface area contributed by atoms with Gasteiger partial charge in [0.25, 0.3) is 0 Å². The highest BCUT2D eigenvalue weighted by Gasteiger charge is 2.39. The molecule has 1 aliphatic rings. The highest BCUT2D eigenvalue weighted by atomic mass is 16.2. The zero-order chi connectivity index (χ0) is 9.73. The second kappa shape index (κ2) is 4.24. The first-order valence-corrected chi connectivity index (χ1v) is 4.60. The van der Waals surface area contributed by atoms with E-state index in [4.69, 9.17) is 11.0 Å². The van der Waals surface area contributed by atoms with Crippen LogP contribution in [-0.4, -0.2) is 19.0 Å². The van der Waals surface area contributed by atoms with Gasteiger partial charge in [-0.1, -0.05) is 12.8 Å². The van der Waals surface area contributed by atoms with E-state index in [2.05, 4.69) is 5.32 Å². The molecule has 1 amide bonds. The van der Waals surface area contributed by atoms with E-state index in [0.29, 0.717) is 6.54 Å². The molecule has 0 atom stereocenters. The zero-order valence-corrected chi connectivity index (χ0v) is 7.68. The Hall–Kier alpha value is -1.08. The highest BCUT2D eigenvalue weighted by molar-refractivity contribution is 5.83. The first-order valence-electron chi connectivity index (χ1n) is 4.60. The number of nitriles is 1. The number of nitrogens with zero attached hydrogens (tertiary/aromatic N) is 1. The van der Waals surface area contributed by atoms with Crippen molar-refractivity contribution in [2.75, 3.05) is 13.1 Å². The van der Waals surface area contributed by atoms with Gasteiger partial charge in [-0.2, -0.15) is 5.26 Å². The first kappa shape index (κ1) is 10.0. The summed E-state index contributed by atoms with van der Waals surface area (Å²) in [4.78, 5) is 11.6. The number of hydrogen-bond acceptors (Lipinski definition) is 3. The van der Waals surface area contributed by atoms with Crippen molar-refractivity contribution < 1.29 is 4.79 Å². The Morgan fingerprint density at radius 1 is 1.54 bits per heavy atom. The second-order valence-electron chi connectivity index (χ2n) is 3.53. The molecule has 0 aromatic heterocycles. The van der Waals surface area contributed by atoms with Crippen LogP contribution >= 0.6 is 0 Å². The molecule has 1 saturated carbocycles. The third kappa shape index (κ3) is 1.99. The molecule has 13 heavy (non-hydrogen) atoms. The number of hydrogen-bond donors (Lipinski definition) is 2. The Morgan fingerprint density at radius 2 is 2.15 bits per heavy atom. The molecule has 1 rings (SSSR count). The van der Waals surface area contributed by atoms with E-state index in [1.807, 2.05) is 6.07 Å². The Kier molecular flexibility index (Phi) is 3.26. The summed E-state index contributed by atoms with van der Waals surface area (Å²) >= 11 is 0. The number of carbonyl (C=O) groups is 1. The smallest absolute Gasteiger partial charge is 0.228 e. The lowest BCUT2D eigenvalue weighted by Gasteiger charge is -2.24. The minimum Gasteiger partial charge on any atom is -0.342 e. The fraction of sp³-hybridized carbons (Fsp3) is 0.778. The van der Waals surface area contributed by atoms with Crippen LogP contribution in [0.2, 0.25) is 0 Å². The highest BCUT2D eigenvalue weighted by Crippen LogP contribution is 2.37. The number of nitrogens with one attached hydrogen (secondary N) is 1. The first-order chi connectivity index (χ1) is 6.25. The predicted octanol–water partition coefficient (Wildman–Crippen LogP) is 0.145. The number of nitrogens with two attached hydrogens (primary N) is 1. The maximum absolute atomic E-state index is 11.6. The van der Waals surface area contributed by atoms with Crippen LogP contribution in [0, 0.1) is 16.7 Å². The van der Waals surface area contributed by atoms with Gasteiger partial charge in [0.05, 0.1) is 11.5 Å². The lowest BCUT2D eigenvalue weighted by molar-refractivity contribution is -0.130. The molecule has 0 aromatic carbocycles. The quantitative estimate of drug-likeness (QED) is 0.608. The van der Waals surface area contributed by atoms with Gasteiger partial charge in [-0.3, -0.25) is 4.79 Å². The minimum atomic E-state index is -0.378. The average Bonchev–Trinajstić information content (AvgIpc) is 2.63. The van der Waals surface area contributed by atoms with Crippen LogP contribution in [0.15, 0.2) is 0 Å².